The molecule has 1 fully saturated rings. The van der Waals surface area contributed by atoms with Gasteiger partial charge in [-0.1, -0.05) is 0 Å². The smallest absolute Gasteiger partial charge is 0.225 e. The van der Waals surface area contributed by atoms with Gasteiger partial charge in [-0.15, -0.1) is 0 Å². The number of piperazine rings is 1. The van der Waals surface area contributed by atoms with Crippen molar-refractivity contribution in [3.8, 4) is 0 Å². The maximum Gasteiger partial charge on any atom is 0.225 e. The molecule has 1 atom stereocenters. The van der Waals surface area contributed by atoms with Crippen LogP contribution in [0.2, 0.25) is 0 Å². The highest BCUT2D eigenvalue weighted by molar-refractivity contribution is 9.10. The molecule has 0 saturated carbocycles. The van der Waals surface area contributed by atoms with E-state index in [2.05, 4.69) is 40.8 Å². The molecule has 0 amide bonds. The minimum Gasteiger partial charge on any atom is -0.394 e. The monoisotopic (exact) mass is 350 g/mol. The van der Waals surface area contributed by atoms with Gasteiger partial charge in [0.05, 0.1) is 17.1 Å². The Morgan fingerprint density at radius 3 is 2.48 bits per heavy atom. The van der Waals surface area contributed by atoms with Gasteiger partial charge in [0, 0.05) is 44.4 Å². The third-order valence-electron chi connectivity index (χ3n) is 3.39. The van der Waals surface area contributed by atoms with Gasteiger partial charge in [-0.2, -0.15) is 0 Å². The van der Waals surface area contributed by atoms with E-state index >= 15 is 0 Å². The number of anilines is 2. The molecule has 21 heavy (non-hydrogen) atoms. The minimum atomic E-state index is -0.0756. The van der Waals surface area contributed by atoms with Crippen molar-refractivity contribution in [1.82, 2.24) is 19.9 Å². The van der Waals surface area contributed by atoms with Crippen LogP contribution in [0.3, 0.4) is 0 Å². The Morgan fingerprint density at radius 2 is 1.81 bits per heavy atom. The van der Waals surface area contributed by atoms with Crippen molar-refractivity contribution < 1.29 is 5.11 Å². The zero-order chi connectivity index (χ0) is 14.7. The first-order valence-corrected chi connectivity index (χ1v) is 7.44. The summed E-state index contributed by atoms with van der Waals surface area (Å²) >= 11 is 3.33. The first-order valence-electron chi connectivity index (χ1n) is 6.65. The number of rotatable bonds is 3. The summed E-state index contributed by atoms with van der Waals surface area (Å²) in [5.74, 6) is 1.32. The third-order valence-corrected chi connectivity index (χ3v) is 3.80. The van der Waals surface area contributed by atoms with Crippen molar-refractivity contribution in [1.29, 1.82) is 0 Å². The molecular weight excluding hydrogens is 336 g/mol. The third kappa shape index (κ3) is 3.11. The highest BCUT2D eigenvalue weighted by Crippen LogP contribution is 2.19. The summed E-state index contributed by atoms with van der Waals surface area (Å²) in [6, 6.07) is 1.71. The first-order chi connectivity index (χ1) is 10.3. The SMILES string of the molecule is OC[C@H]1CN(c2ncc(Br)cn2)CCN1c1ncccn1. The van der Waals surface area contributed by atoms with E-state index in [1.807, 2.05) is 4.90 Å². The molecule has 3 heterocycles. The molecule has 110 valence electrons. The Kier molecular flexibility index (Phi) is 4.26. The predicted molar refractivity (Wildman–Crippen MR) is 82.2 cm³/mol. The molecule has 1 saturated heterocycles. The Labute approximate surface area is 130 Å². The zero-order valence-electron chi connectivity index (χ0n) is 11.3. The van der Waals surface area contributed by atoms with Crippen LogP contribution in [-0.2, 0) is 0 Å². The Hall–Kier alpha value is -1.80. The quantitative estimate of drug-likeness (QED) is 0.873. The lowest BCUT2D eigenvalue weighted by molar-refractivity contribution is 0.251. The lowest BCUT2D eigenvalue weighted by Crippen LogP contribution is -2.56. The summed E-state index contributed by atoms with van der Waals surface area (Å²) in [7, 11) is 0. The molecule has 1 N–H and O–H groups in total. The number of aliphatic hydroxyl groups excluding tert-OH is 1. The summed E-state index contributed by atoms with van der Waals surface area (Å²) < 4.78 is 0.848. The highest BCUT2D eigenvalue weighted by atomic mass is 79.9. The molecule has 0 unspecified atom stereocenters. The van der Waals surface area contributed by atoms with Crippen LogP contribution >= 0.6 is 15.9 Å². The lowest BCUT2D eigenvalue weighted by atomic mass is 10.2. The van der Waals surface area contributed by atoms with E-state index in [4.69, 9.17) is 0 Å². The van der Waals surface area contributed by atoms with Gasteiger partial charge < -0.3 is 14.9 Å². The summed E-state index contributed by atoms with van der Waals surface area (Å²) in [6.07, 6.45) is 6.87. The van der Waals surface area contributed by atoms with E-state index < -0.39 is 0 Å². The molecule has 0 radical (unpaired) electrons. The topological polar surface area (TPSA) is 78.3 Å². The number of hydrogen-bond donors (Lipinski definition) is 1. The van der Waals surface area contributed by atoms with Gasteiger partial charge in [0.1, 0.15) is 0 Å². The van der Waals surface area contributed by atoms with Crippen LogP contribution in [0, 0.1) is 0 Å². The van der Waals surface area contributed by atoms with Crippen LogP contribution in [0.4, 0.5) is 11.9 Å². The van der Waals surface area contributed by atoms with Gasteiger partial charge in [-0.3, -0.25) is 0 Å². The van der Waals surface area contributed by atoms with Crippen molar-refractivity contribution in [2.75, 3.05) is 36.0 Å². The summed E-state index contributed by atoms with van der Waals surface area (Å²) in [6.45, 7) is 2.15. The van der Waals surface area contributed by atoms with E-state index in [1.54, 1.807) is 30.9 Å². The largest absolute Gasteiger partial charge is 0.394 e. The normalized spacial score (nSPS) is 18.9. The molecule has 3 rings (SSSR count). The molecule has 0 aliphatic carbocycles. The van der Waals surface area contributed by atoms with E-state index in [9.17, 15) is 5.11 Å². The van der Waals surface area contributed by atoms with Gasteiger partial charge in [0.25, 0.3) is 0 Å². The second kappa shape index (κ2) is 6.31. The second-order valence-electron chi connectivity index (χ2n) is 4.73. The maximum atomic E-state index is 9.66. The minimum absolute atomic E-state index is 0.0330. The molecule has 0 spiro atoms. The average Bonchev–Trinajstić information content (AvgIpc) is 2.56. The molecule has 0 bridgehead atoms. The van der Waals surface area contributed by atoms with Crippen LogP contribution < -0.4 is 9.80 Å². The number of halogens is 1. The van der Waals surface area contributed by atoms with E-state index in [1.165, 1.54) is 0 Å². The number of aliphatic hydroxyl groups is 1. The predicted octanol–water partition coefficient (Wildman–Crippen LogP) is 0.717. The van der Waals surface area contributed by atoms with Gasteiger partial charge in [-0.05, 0) is 22.0 Å². The maximum absolute atomic E-state index is 9.66. The van der Waals surface area contributed by atoms with Crippen LogP contribution in [0.15, 0.2) is 35.3 Å². The summed E-state index contributed by atoms with van der Waals surface area (Å²) in [5, 5.41) is 9.66. The van der Waals surface area contributed by atoms with Crippen LogP contribution in [-0.4, -0.2) is 57.3 Å². The van der Waals surface area contributed by atoms with Crippen LogP contribution in [0.25, 0.3) is 0 Å². The molecular formula is C13H15BrN6O. The molecule has 7 nitrogen and oxygen atoms in total. The molecule has 8 heteroatoms. The number of aromatic nitrogens is 4. The van der Waals surface area contributed by atoms with Crippen molar-refractivity contribution >= 4 is 27.8 Å². The molecule has 0 aromatic carbocycles. The highest BCUT2D eigenvalue weighted by Gasteiger charge is 2.29. The fourth-order valence-electron chi connectivity index (χ4n) is 2.36. The van der Waals surface area contributed by atoms with Crippen molar-refractivity contribution in [3.63, 3.8) is 0 Å². The number of nitrogens with zero attached hydrogens (tertiary/aromatic N) is 6. The van der Waals surface area contributed by atoms with Gasteiger partial charge in [0.15, 0.2) is 0 Å². The Bertz CT molecular complexity index is 581. The first kappa shape index (κ1) is 14.2. The fraction of sp³-hybridized carbons (Fsp3) is 0.385. The molecule has 2 aromatic heterocycles. The average molecular weight is 351 g/mol. The fourth-order valence-corrected chi connectivity index (χ4v) is 2.57. The summed E-state index contributed by atoms with van der Waals surface area (Å²) in [5.41, 5.74) is 0. The van der Waals surface area contributed by atoms with Crippen LogP contribution in [0.5, 0.6) is 0 Å². The van der Waals surface area contributed by atoms with E-state index in [0.717, 1.165) is 11.0 Å². The van der Waals surface area contributed by atoms with Gasteiger partial charge in [0.2, 0.25) is 11.9 Å². The van der Waals surface area contributed by atoms with Crippen molar-refractivity contribution in [2.45, 2.75) is 6.04 Å². The molecule has 1 aliphatic heterocycles. The van der Waals surface area contributed by atoms with Gasteiger partial charge in [-0.25, -0.2) is 19.9 Å². The van der Waals surface area contributed by atoms with Crippen molar-refractivity contribution in [2.24, 2.45) is 0 Å². The van der Waals surface area contributed by atoms with E-state index in [0.29, 0.717) is 25.0 Å². The second-order valence-corrected chi connectivity index (χ2v) is 5.64. The molecule has 2 aromatic rings. The zero-order valence-corrected chi connectivity index (χ0v) is 12.9. The Balaban J connectivity index is 1.76. The Morgan fingerprint density at radius 1 is 1.10 bits per heavy atom. The standard InChI is InChI=1S/C13H15BrN6O/c14-10-6-17-12(18-7-10)19-4-5-20(11(8-19)9-21)13-15-2-1-3-16-13/h1-3,6-7,11,21H,4-5,8-9H2/t11-/m1/s1. The van der Waals surface area contributed by atoms with Gasteiger partial charge >= 0.3 is 0 Å². The van der Waals surface area contributed by atoms with Crippen LogP contribution in [0.1, 0.15) is 0 Å². The van der Waals surface area contributed by atoms with Crippen molar-refractivity contribution in [3.05, 3.63) is 35.3 Å². The molecule has 1 aliphatic rings. The lowest BCUT2D eigenvalue weighted by Gasteiger charge is -2.40. The number of hydrogen-bond acceptors (Lipinski definition) is 7. The van der Waals surface area contributed by atoms with E-state index in [-0.39, 0.29) is 12.6 Å². The summed E-state index contributed by atoms with van der Waals surface area (Å²) in [4.78, 5) is 21.2.